The Morgan fingerprint density at radius 1 is 1.04 bits per heavy atom. The fraction of sp³-hybridized carbons (Fsp3) is 0.400. The van der Waals surface area contributed by atoms with E-state index in [0.717, 1.165) is 17.5 Å². The quantitative estimate of drug-likeness (QED) is 0.724. The lowest BCUT2D eigenvalue weighted by molar-refractivity contribution is 0.464. The molecule has 0 bridgehead atoms. The molecular formula is C20H26O3P+. The van der Waals surface area contributed by atoms with E-state index in [2.05, 4.69) is 45.9 Å². The molecule has 0 radical (unpaired) electrons. The first-order chi connectivity index (χ1) is 11.3. The predicted octanol–water partition coefficient (Wildman–Crippen LogP) is 5.00. The molecular weight excluding hydrogens is 319 g/mol. The largest absolute Gasteiger partial charge is 0.508 e. The van der Waals surface area contributed by atoms with Gasteiger partial charge < -0.3 is 5.11 Å². The summed E-state index contributed by atoms with van der Waals surface area (Å²) in [6.45, 7) is 8.34. The molecule has 0 aromatic heterocycles. The van der Waals surface area contributed by atoms with Crippen molar-refractivity contribution in [2.45, 2.75) is 46.5 Å². The van der Waals surface area contributed by atoms with Crippen molar-refractivity contribution < 1.29 is 14.6 Å². The van der Waals surface area contributed by atoms with E-state index < -0.39 is 8.03 Å². The van der Waals surface area contributed by atoms with Gasteiger partial charge in [0.15, 0.2) is 6.16 Å². The third-order valence-corrected chi connectivity index (χ3v) is 5.05. The highest BCUT2D eigenvalue weighted by atomic mass is 31.1. The monoisotopic (exact) mass is 345 g/mol. The lowest BCUT2D eigenvalue weighted by Gasteiger charge is -2.15. The molecule has 3 nitrogen and oxygen atoms in total. The van der Waals surface area contributed by atoms with E-state index in [1.165, 1.54) is 22.3 Å². The molecule has 24 heavy (non-hydrogen) atoms. The van der Waals surface area contributed by atoms with Gasteiger partial charge in [-0.15, -0.1) is 0 Å². The summed E-state index contributed by atoms with van der Waals surface area (Å²) in [7, 11) is -2.08. The second kappa shape index (κ2) is 7.92. The van der Waals surface area contributed by atoms with Crippen LogP contribution in [0.5, 0.6) is 5.75 Å². The predicted molar refractivity (Wildman–Crippen MR) is 99.3 cm³/mol. The van der Waals surface area contributed by atoms with Gasteiger partial charge in [0.2, 0.25) is 0 Å². The fourth-order valence-corrected chi connectivity index (χ4v) is 3.56. The van der Waals surface area contributed by atoms with Crippen LogP contribution in [0.1, 0.15) is 53.1 Å². The van der Waals surface area contributed by atoms with Crippen molar-refractivity contribution in [1.82, 2.24) is 0 Å². The summed E-state index contributed by atoms with van der Waals surface area (Å²) in [5.41, 5.74) is 6.97. The summed E-state index contributed by atoms with van der Waals surface area (Å²) in [6.07, 6.45) is 1.76. The minimum Gasteiger partial charge on any atom is -0.508 e. The number of aryl methyl sites for hydroxylation is 3. The van der Waals surface area contributed by atoms with Crippen LogP contribution in [0.25, 0.3) is 0 Å². The SMILES string of the molecule is Cc1cc(CC[P+](=O)O)cc(C)c1Cc1ccc(O)c(C(C)C)c1. The number of benzene rings is 2. The summed E-state index contributed by atoms with van der Waals surface area (Å²) in [4.78, 5) is 8.98. The highest BCUT2D eigenvalue weighted by Crippen LogP contribution is 2.29. The zero-order valence-electron chi connectivity index (χ0n) is 14.8. The van der Waals surface area contributed by atoms with Gasteiger partial charge in [0.25, 0.3) is 0 Å². The topological polar surface area (TPSA) is 57.5 Å². The Hall–Kier alpha value is -1.70. The first-order valence-electron chi connectivity index (χ1n) is 8.32. The molecule has 2 aromatic carbocycles. The molecule has 128 valence electrons. The molecule has 1 atom stereocenters. The maximum absolute atomic E-state index is 10.9. The number of phenolic OH excluding ortho intramolecular Hbond substituents is 1. The third kappa shape index (κ3) is 4.66. The van der Waals surface area contributed by atoms with Gasteiger partial charge in [-0.3, -0.25) is 0 Å². The highest BCUT2D eigenvalue weighted by molar-refractivity contribution is 7.37. The van der Waals surface area contributed by atoms with Gasteiger partial charge in [0.05, 0.1) is 0 Å². The molecule has 0 aliphatic carbocycles. The third-order valence-electron chi connectivity index (χ3n) is 4.44. The lowest BCUT2D eigenvalue weighted by atomic mass is 9.91. The molecule has 0 saturated heterocycles. The van der Waals surface area contributed by atoms with Gasteiger partial charge in [-0.25, -0.2) is 0 Å². The first kappa shape index (κ1) is 18.6. The Morgan fingerprint density at radius 3 is 2.21 bits per heavy atom. The molecule has 1 unspecified atom stereocenters. The van der Waals surface area contributed by atoms with Gasteiger partial charge in [0, 0.05) is 6.42 Å². The summed E-state index contributed by atoms with van der Waals surface area (Å²) in [6, 6.07) is 10.1. The molecule has 0 spiro atoms. The van der Waals surface area contributed by atoms with Crippen molar-refractivity contribution in [1.29, 1.82) is 0 Å². The van der Waals surface area contributed by atoms with Gasteiger partial charge in [-0.2, -0.15) is 4.89 Å². The summed E-state index contributed by atoms with van der Waals surface area (Å²) in [5, 5.41) is 9.98. The fourth-order valence-electron chi connectivity index (χ4n) is 3.11. The molecule has 0 heterocycles. The van der Waals surface area contributed by atoms with Crippen LogP contribution in [0.4, 0.5) is 0 Å². The number of rotatable bonds is 6. The van der Waals surface area contributed by atoms with Crippen LogP contribution in [0.3, 0.4) is 0 Å². The van der Waals surface area contributed by atoms with Crippen molar-refractivity contribution in [3.63, 3.8) is 0 Å². The maximum Gasteiger partial charge on any atom is 0.505 e. The second-order valence-electron chi connectivity index (χ2n) is 6.76. The number of phenols is 1. The normalized spacial score (nSPS) is 11.8. The second-order valence-corrected chi connectivity index (χ2v) is 7.91. The van der Waals surface area contributed by atoms with E-state index in [9.17, 15) is 9.67 Å². The van der Waals surface area contributed by atoms with Gasteiger partial charge >= 0.3 is 8.03 Å². The van der Waals surface area contributed by atoms with E-state index in [4.69, 9.17) is 4.89 Å². The number of aromatic hydroxyl groups is 1. The minimum absolute atomic E-state index is 0.287. The molecule has 0 aliphatic rings. The zero-order valence-corrected chi connectivity index (χ0v) is 15.7. The Bertz CT molecular complexity index is 728. The molecule has 0 amide bonds. The van der Waals surface area contributed by atoms with Crippen molar-refractivity contribution in [2.24, 2.45) is 0 Å². The smallest absolute Gasteiger partial charge is 0.505 e. The summed E-state index contributed by atoms with van der Waals surface area (Å²) in [5.74, 6) is 0.644. The molecule has 0 saturated carbocycles. The Labute approximate surface area is 145 Å². The van der Waals surface area contributed by atoms with E-state index in [1.807, 2.05) is 6.07 Å². The number of hydrogen-bond acceptors (Lipinski definition) is 2. The molecule has 2 rings (SSSR count). The minimum atomic E-state index is -2.08. The van der Waals surface area contributed by atoms with Crippen LogP contribution in [0, 0.1) is 13.8 Å². The lowest BCUT2D eigenvalue weighted by Crippen LogP contribution is -2.00. The van der Waals surface area contributed by atoms with E-state index >= 15 is 0 Å². The van der Waals surface area contributed by atoms with Gasteiger partial charge in [-0.1, -0.05) is 38.1 Å². The van der Waals surface area contributed by atoms with Crippen LogP contribution in [0.2, 0.25) is 0 Å². The Morgan fingerprint density at radius 2 is 1.67 bits per heavy atom. The van der Waals surface area contributed by atoms with Crippen molar-refractivity contribution >= 4 is 8.03 Å². The molecule has 2 N–H and O–H groups in total. The molecule has 0 aliphatic heterocycles. The van der Waals surface area contributed by atoms with Crippen LogP contribution in [0.15, 0.2) is 30.3 Å². The van der Waals surface area contributed by atoms with Crippen LogP contribution in [-0.4, -0.2) is 16.2 Å². The van der Waals surface area contributed by atoms with Gasteiger partial charge in [0.1, 0.15) is 5.75 Å². The van der Waals surface area contributed by atoms with Crippen molar-refractivity contribution in [3.8, 4) is 5.75 Å². The van der Waals surface area contributed by atoms with E-state index in [-0.39, 0.29) is 5.92 Å². The first-order valence-corrected chi connectivity index (χ1v) is 9.72. The summed E-state index contributed by atoms with van der Waals surface area (Å²) < 4.78 is 10.9. The van der Waals surface area contributed by atoms with Crippen LogP contribution in [-0.2, 0) is 17.4 Å². The number of hydrogen-bond donors (Lipinski definition) is 2. The highest BCUT2D eigenvalue weighted by Gasteiger charge is 2.13. The van der Waals surface area contributed by atoms with E-state index in [0.29, 0.717) is 18.3 Å². The van der Waals surface area contributed by atoms with E-state index in [1.54, 1.807) is 6.07 Å². The standard InChI is InChI=1S/C20H25O3P/c1-13(2)18-11-16(5-6-20(18)21)12-19-14(3)9-17(10-15(19)4)7-8-24(22)23/h5-6,9-11,13H,7-8,12H2,1-4H3,(H-,21,22,23)/p+1. The van der Waals surface area contributed by atoms with Crippen molar-refractivity contribution in [2.75, 3.05) is 6.16 Å². The van der Waals surface area contributed by atoms with Crippen LogP contribution >= 0.6 is 8.03 Å². The van der Waals surface area contributed by atoms with Gasteiger partial charge in [-0.05, 0) is 70.2 Å². The molecule has 0 fully saturated rings. The average Bonchev–Trinajstić information content (AvgIpc) is 2.50. The summed E-state index contributed by atoms with van der Waals surface area (Å²) >= 11 is 0. The zero-order chi connectivity index (χ0) is 17.9. The molecule has 2 aromatic rings. The van der Waals surface area contributed by atoms with Crippen LogP contribution < -0.4 is 0 Å². The average molecular weight is 345 g/mol. The Balaban J connectivity index is 2.27. The Kier molecular flexibility index (Phi) is 6.15. The maximum atomic E-state index is 10.9. The molecule has 4 heteroatoms. The van der Waals surface area contributed by atoms with Crippen molar-refractivity contribution in [3.05, 3.63) is 63.7 Å².